The van der Waals surface area contributed by atoms with Gasteiger partial charge in [-0.1, -0.05) is 103 Å². The number of aliphatic imine (C=N–C) groups is 1. The maximum Gasteiger partial charge on any atom is 2.00 e. The number of nitrogens with zero attached hydrogens (tertiary/aromatic N) is 3. The number of aryl methyl sites for hydroxylation is 2. The van der Waals surface area contributed by atoms with E-state index in [2.05, 4.69) is 122 Å². The second-order valence-corrected chi connectivity index (χ2v) is 15.1. The van der Waals surface area contributed by atoms with Crippen LogP contribution < -0.4 is 35.5 Å². The van der Waals surface area contributed by atoms with Crippen molar-refractivity contribution in [1.29, 1.82) is 0 Å². The molecule has 1 aromatic heterocycles. The number of aromatic nitrogens is 1. The Morgan fingerprint density at radius 3 is 1.92 bits per heavy atom. The topological polar surface area (TPSA) is 56.2 Å². The van der Waals surface area contributed by atoms with Gasteiger partial charge in [0.15, 0.2) is 0 Å². The van der Waals surface area contributed by atoms with Crippen LogP contribution in [0.1, 0.15) is 16.7 Å². The van der Waals surface area contributed by atoms with Crippen molar-refractivity contribution in [3.05, 3.63) is 187 Å². The Morgan fingerprint density at radius 2 is 1.23 bits per heavy atom. The molecule has 0 aliphatic carbocycles. The van der Waals surface area contributed by atoms with Crippen LogP contribution in [0, 0.1) is 26.0 Å². The normalized spacial score (nSPS) is 13.2. The van der Waals surface area contributed by atoms with E-state index in [1.165, 1.54) is 16.8 Å². The number of pyridine rings is 1. The minimum Gasteiger partial charge on any atom is -0.518 e. The number of benzene rings is 7. The second kappa shape index (κ2) is 15.5. The summed E-state index contributed by atoms with van der Waals surface area (Å²) in [7, 11) is 0. The maximum atomic E-state index is 6.62. The molecule has 4 heterocycles. The van der Waals surface area contributed by atoms with Gasteiger partial charge in [0.2, 0.25) is 12.6 Å². The predicted octanol–water partition coefficient (Wildman–Crippen LogP) is 10.1. The van der Waals surface area contributed by atoms with E-state index < -0.39 is 0 Å². The minimum absolute atomic E-state index is 0. The third kappa shape index (κ3) is 6.50. The number of amidine groups is 1. The summed E-state index contributed by atoms with van der Waals surface area (Å²) in [6, 6.07) is 59.3. The summed E-state index contributed by atoms with van der Waals surface area (Å²) in [6.07, 6.45) is 1.81. The first-order valence-electron chi connectivity index (χ1n) is 19.9. The largest absolute Gasteiger partial charge is 2.00 e. The number of hydrogen-bond donors (Lipinski definition) is 0. The van der Waals surface area contributed by atoms with Gasteiger partial charge in [0.1, 0.15) is 11.5 Å². The van der Waals surface area contributed by atoms with Crippen molar-refractivity contribution in [1.82, 2.24) is 4.98 Å². The summed E-state index contributed by atoms with van der Waals surface area (Å²) in [6.45, 7) is 5.58. The molecule has 8 heteroatoms. The molecule has 0 bridgehead atoms. The molecule has 0 atom stereocenters. The summed E-state index contributed by atoms with van der Waals surface area (Å²) in [5, 5.41) is 0. The van der Waals surface area contributed by atoms with Crippen molar-refractivity contribution in [2.24, 2.45) is 4.99 Å². The molecule has 290 valence electrons. The SMILES string of the molecule is Cc1cccc(C)c1N1CCN=C1c1[c-]c2c(cc1)Oc1cccc3c1B2c1[c-]c(Oc2cc(-c4c(-c5ccccc5)cccc4-c4ccccc4)ccn2)ccc1O3.[Pt+2]. The average molecular weight is 957 g/mol. The van der Waals surface area contributed by atoms with Crippen LogP contribution in [0.25, 0.3) is 33.4 Å². The second-order valence-electron chi connectivity index (χ2n) is 15.1. The summed E-state index contributed by atoms with van der Waals surface area (Å²) in [5.41, 5.74) is 13.9. The van der Waals surface area contributed by atoms with Crippen LogP contribution in [-0.4, -0.2) is 30.6 Å². The Labute approximate surface area is 364 Å². The monoisotopic (exact) mass is 956 g/mol. The first-order chi connectivity index (χ1) is 29.1. The van der Waals surface area contributed by atoms with Crippen LogP contribution in [0.3, 0.4) is 0 Å². The number of anilines is 1. The van der Waals surface area contributed by atoms with Gasteiger partial charge < -0.3 is 24.1 Å². The van der Waals surface area contributed by atoms with Crippen LogP contribution >= 0.6 is 0 Å². The van der Waals surface area contributed by atoms with Crippen molar-refractivity contribution >= 4 is 34.6 Å². The Balaban J connectivity index is 0.00000433. The molecule has 60 heavy (non-hydrogen) atoms. The molecular formula is C52H36BN3O3Pt. The van der Waals surface area contributed by atoms with E-state index in [0.29, 0.717) is 23.9 Å². The summed E-state index contributed by atoms with van der Waals surface area (Å²) < 4.78 is 19.7. The fourth-order valence-corrected chi connectivity index (χ4v) is 8.87. The van der Waals surface area contributed by atoms with Gasteiger partial charge in [0, 0.05) is 53.8 Å². The zero-order valence-corrected chi connectivity index (χ0v) is 35.2. The quantitative estimate of drug-likeness (QED) is 0.118. The Bertz CT molecular complexity index is 2880. The third-order valence-electron chi connectivity index (χ3n) is 11.4. The van der Waals surface area contributed by atoms with E-state index in [0.717, 1.165) is 85.0 Å². The van der Waals surface area contributed by atoms with E-state index in [-0.39, 0.29) is 27.8 Å². The fourth-order valence-electron chi connectivity index (χ4n) is 8.87. The van der Waals surface area contributed by atoms with Crippen LogP contribution in [0.4, 0.5) is 5.69 Å². The van der Waals surface area contributed by atoms with E-state index in [1.807, 2.05) is 66.9 Å². The fraction of sp³-hybridized carbons (Fsp3) is 0.0769. The van der Waals surface area contributed by atoms with Crippen LogP contribution in [0.15, 0.2) is 163 Å². The van der Waals surface area contributed by atoms with Crippen molar-refractivity contribution in [3.63, 3.8) is 0 Å². The number of fused-ring (bicyclic) bond motifs is 4. The Hall–Kier alpha value is -6.69. The zero-order valence-electron chi connectivity index (χ0n) is 32.9. The molecule has 0 saturated carbocycles. The van der Waals surface area contributed by atoms with Gasteiger partial charge in [0.25, 0.3) is 0 Å². The van der Waals surface area contributed by atoms with Gasteiger partial charge in [-0.3, -0.25) is 0 Å². The molecule has 0 unspecified atom stereocenters. The molecular weight excluding hydrogens is 920 g/mol. The molecule has 3 aliphatic rings. The molecule has 3 aliphatic heterocycles. The Kier molecular flexibility index (Phi) is 9.70. The minimum atomic E-state index is -0.265. The standard InChI is InChI=1S/C52H36BN3O3.Pt/c1-33-12-9-13-34(2)51(33)56-29-28-55-52(56)38-22-24-44-42(30-38)53-43-32-39(23-25-45(43)59-47-21-11-20-46(58-44)50(47)53)57-48-31-37(26-27-54-48)49-40(35-14-5-3-6-15-35)18-10-19-41(49)36-16-7-4-8-17-36;/h3-27,31H,28-29H2,1-2H3;/q-2;+2. The van der Waals surface area contributed by atoms with Gasteiger partial charge >= 0.3 is 21.1 Å². The molecule has 0 spiro atoms. The van der Waals surface area contributed by atoms with Crippen molar-refractivity contribution in [2.75, 3.05) is 18.0 Å². The number of rotatable bonds is 7. The van der Waals surface area contributed by atoms with Crippen molar-refractivity contribution < 1.29 is 35.3 Å². The molecule has 0 radical (unpaired) electrons. The van der Waals surface area contributed by atoms with Crippen LogP contribution in [0.2, 0.25) is 0 Å². The van der Waals surface area contributed by atoms with Crippen LogP contribution in [-0.2, 0) is 21.1 Å². The molecule has 0 amide bonds. The van der Waals surface area contributed by atoms with Crippen molar-refractivity contribution in [2.45, 2.75) is 13.8 Å². The first-order valence-corrected chi connectivity index (χ1v) is 19.9. The molecule has 0 N–H and O–H groups in total. The van der Waals surface area contributed by atoms with Gasteiger partial charge in [-0.15, -0.1) is 52.9 Å². The number of hydrogen-bond acceptors (Lipinski definition) is 6. The molecule has 8 aromatic rings. The van der Waals surface area contributed by atoms with E-state index in [4.69, 9.17) is 24.2 Å². The first kappa shape index (κ1) is 37.6. The summed E-state index contributed by atoms with van der Waals surface area (Å²) >= 11 is 0. The van der Waals surface area contributed by atoms with Gasteiger partial charge in [-0.05, 0) is 76.6 Å². The van der Waals surface area contributed by atoms with E-state index in [9.17, 15) is 0 Å². The molecule has 7 aromatic carbocycles. The summed E-state index contributed by atoms with van der Waals surface area (Å²) in [5.74, 6) is 4.86. The smallest absolute Gasteiger partial charge is 0.518 e. The number of para-hydroxylation sites is 1. The van der Waals surface area contributed by atoms with E-state index >= 15 is 0 Å². The Morgan fingerprint density at radius 1 is 0.617 bits per heavy atom. The van der Waals surface area contributed by atoms with Gasteiger partial charge in [0.05, 0.1) is 5.84 Å². The summed E-state index contributed by atoms with van der Waals surface area (Å²) in [4.78, 5) is 12.0. The van der Waals surface area contributed by atoms with Gasteiger partial charge in [-0.25, -0.2) is 4.98 Å². The van der Waals surface area contributed by atoms with Crippen molar-refractivity contribution in [3.8, 4) is 68.0 Å². The van der Waals surface area contributed by atoms with Crippen LogP contribution in [0.5, 0.6) is 34.6 Å². The molecule has 0 fully saturated rings. The zero-order chi connectivity index (χ0) is 39.5. The third-order valence-corrected chi connectivity index (χ3v) is 11.4. The maximum absolute atomic E-state index is 6.62. The average Bonchev–Trinajstić information content (AvgIpc) is 3.76. The number of ether oxygens (including phenoxy) is 3. The predicted molar refractivity (Wildman–Crippen MR) is 237 cm³/mol. The molecule has 0 saturated heterocycles. The molecule has 6 nitrogen and oxygen atoms in total. The van der Waals surface area contributed by atoms with E-state index in [1.54, 1.807) is 0 Å². The molecule has 11 rings (SSSR count). The van der Waals surface area contributed by atoms with Gasteiger partial charge in [-0.2, -0.15) is 0 Å².